The monoisotopic (exact) mass is 211 g/mol. The van der Waals surface area contributed by atoms with Crippen LogP contribution in [-0.2, 0) is 0 Å². The average Bonchev–Trinajstić information content (AvgIpc) is 2.76. The Morgan fingerprint density at radius 3 is 2.40 bits per heavy atom. The molecule has 2 nitrogen and oxygen atoms in total. The fourth-order valence-corrected chi connectivity index (χ4v) is 3.53. The molecule has 2 fully saturated rings. The van der Waals surface area contributed by atoms with Crippen molar-refractivity contribution in [3.8, 4) is 0 Å². The van der Waals surface area contributed by atoms with Crippen molar-refractivity contribution >= 4 is 0 Å². The zero-order valence-corrected chi connectivity index (χ0v) is 10.2. The molecule has 0 amide bonds. The third kappa shape index (κ3) is 2.36. The standard InChI is InChI=1S/C13H25NO/c1-11-7-12(2)14(8-11)9-13(10-15)5-3-4-6-13/h11-12,15H,3-10H2,1-2H3. The van der Waals surface area contributed by atoms with Crippen molar-refractivity contribution < 1.29 is 5.11 Å². The number of aliphatic hydroxyl groups excluding tert-OH is 1. The highest BCUT2D eigenvalue weighted by molar-refractivity contribution is 4.91. The van der Waals surface area contributed by atoms with E-state index in [0.29, 0.717) is 6.61 Å². The van der Waals surface area contributed by atoms with Crippen LogP contribution in [0.4, 0.5) is 0 Å². The second-order valence-corrected chi connectivity index (χ2v) is 5.98. The highest BCUT2D eigenvalue weighted by atomic mass is 16.3. The smallest absolute Gasteiger partial charge is 0.0499 e. The van der Waals surface area contributed by atoms with Crippen LogP contribution in [0.1, 0.15) is 46.0 Å². The number of hydrogen-bond acceptors (Lipinski definition) is 2. The lowest BCUT2D eigenvalue weighted by Crippen LogP contribution is -2.40. The molecule has 1 saturated carbocycles. The van der Waals surface area contributed by atoms with Gasteiger partial charge >= 0.3 is 0 Å². The third-order valence-electron chi connectivity index (χ3n) is 4.45. The first-order valence-electron chi connectivity index (χ1n) is 6.50. The van der Waals surface area contributed by atoms with Gasteiger partial charge in [0.25, 0.3) is 0 Å². The second kappa shape index (κ2) is 4.42. The zero-order chi connectivity index (χ0) is 10.9. The van der Waals surface area contributed by atoms with Crippen LogP contribution in [-0.4, -0.2) is 35.7 Å². The molecule has 1 aliphatic carbocycles. The van der Waals surface area contributed by atoms with Crippen LogP contribution >= 0.6 is 0 Å². The van der Waals surface area contributed by atoms with Crippen molar-refractivity contribution in [2.45, 2.75) is 52.0 Å². The van der Waals surface area contributed by atoms with Crippen LogP contribution in [0, 0.1) is 11.3 Å². The molecular formula is C13H25NO. The SMILES string of the molecule is CC1CC(C)N(CC2(CO)CCCC2)C1. The highest BCUT2D eigenvalue weighted by Crippen LogP contribution is 2.40. The number of aliphatic hydroxyl groups is 1. The van der Waals surface area contributed by atoms with Gasteiger partial charge in [-0.05, 0) is 32.1 Å². The zero-order valence-electron chi connectivity index (χ0n) is 10.2. The molecule has 1 saturated heterocycles. The summed E-state index contributed by atoms with van der Waals surface area (Å²) in [5.74, 6) is 0.845. The van der Waals surface area contributed by atoms with E-state index in [1.54, 1.807) is 0 Å². The number of likely N-dealkylation sites (tertiary alicyclic amines) is 1. The number of nitrogens with zero attached hydrogens (tertiary/aromatic N) is 1. The summed E-state index contributed by atoms with van der Waals surface area (Å²) in [6.45, 7) is 7.45. The topological polar surface area (TPSA) is 23.5 Å². The lowest BCUT2D eigenvalue weighted by Gasteiger charge is -2.34. The molecule has 2 heteroatoms. The van der Waals surface area contributed by atoms with Crippen LogP contribution < -0.4 is 0 Å². The summed E-state index contributed by atoms with van der Waals surface area (Å²) >= 11 is 0. The molecule has 0 aromatic carbocycles. The maximum absolute atomic E-state index is 9.60. The molecule has 2 atom stereocenters. The number of rotatable bonds is 3. The van der Waals surface area contributed by atoms with E-state index in [9.17, 15) is 5.11 Å². The Morgan fingerprint density at radius 1 is 1.27 bits per heavy atom. The Kier molecular flexibility index (Phi) is 3.36. The van der Waals surface area contributed by atoms with Gasteiger partial charge in [0.05, 0.1) is 0 Å². The summed E-state index contributed by atoms with van der Waals surface area (Å²) in [4.78, 5) is 2.60. The van der Waals surface area contributed by atoms with Crippen molar-refractivity contribution in [1.29, 1.82) is 0 Å². The average molecular weight is 211 g/mol. The van der Waals surface area contributed by atoms with E-state index in [1.165, 1.54) is 38.6 Å². The van der Waals surface area contributed by atoms with E-state index in [2.05, 4.69) is 18.7 Å². The molecule has 0 bridgehead atoms. The van der Waals surface area contributed by atoms with Gasteiger partial charge in [-0.3, -0.25) is 4.90 Å². The highest BCUT2D eigenvalue weighted by Gasteiger charge is 2.38. The van der Waals surface area contributed by atoms with E-state index in [-0.39, 0.29) is 5.41 Å². The van der Waals surface area contributed by atoms with Crippen molar-refractivity contribution in [1.82, 2.24) is 4.90 Å². The minimum atomic E-state index is 0.248. The largest absolute Gasteiger partial charge is 0.396 e. The van der Waals surface area contributed by atoms with Crippen LogP contribution in [0.5, 0.6) is 0 Å². The molecule has 2 unspecified atom stereocenters. The molecule has 15 heavy (non-hydrogen) atoms. The minimum Gasteiger partial charge on any atom is -0.396 e. The fourth-order valence-electron chi connectivity index (χ4n) is 3.53. The lowest BCUT2D eigenvalue weighted by molar-refractivity contribution is 0.0748. The van der Waals surface area contributed by atoms with Crippen molar-refractivity contribution in [2.24, 2.45) is 11.3 Å². The normalized spacial score (nSPS) is 36.2. The van der Waals surface area contributed by atoms with E-state index in [0.717, 1.165) is 18.5 Å². The first-order chi connectivity index (χ1) is 7.15. The summed E-state index contributed by atoms with van der Waals surface area (Å²) in [7, 11) is 0. The van der Waals surface area contributed by atoms with Crippen LogP contribution in [0.3, 0.4) is 0 Å². The Bertz CT molecular complexity index is 211. The Labute approximate surface area is 93.7 Å². The molecular weight excluding hydrogens is 186 g/mol. The van der Waals surface area contributed by atoms with E-state index >= 15 is 0 Å². The van der Waals surface area contributed by atoms with Crippen molar-refractivity contribution in [3.63, 3.8) is 0 Å². The van der Waals surface area contributed by atoms with Gasteiger partial charge in [-0.15, -0.1) is 0 Å². The summed E-state index contributed by atoms with van der Waals surface area (Å²) in [6.07, 6.45) is 6.44. The molecule has 0 aromatic rings. The van der Waals surface area contributed by atoms with Gasteiger partial charge in [-0.25, -0.2) is 0 Å². The van der Waals surface area contributed by atoms with Gasteiger partial charge in [-0.2, -0.15) is 0 Å². The second-order valence-electron chi connectivity index (χ2n) is 5.98. The lowest BCUT2D eigenvalue weighted by atomic mass is 9.86. The van der Waals surface area contributed by atoms with Gasteiger partial charge in [0, 0.05) is 31.2 Å². The Morgan fingerprint density at radius 2 is 1.93 bits per heavy atom. The quantitative estimate of drug-likeness (QED) is 0.774. The Balaban J connectivity index is 1.95. The third-order valence-corrected chi connectivity index (χ3v) is 4.45. The minimum absolute atomic E-state index is 0.248. The molecule has 2 rings (SSSR count). The summed E-state index contributed by atoms with van der Waals surface area (Å²) < 4.78 is 0. The van der Waals surface area contributed by atoms with E-state index < -0.39 is 0 Å². The van der Waals surface area contributed by atoms with E-state index in [4.69, 9.17) is 0 Å². The van der Waals surface area contributed by atoms with Crippen molar-refractivity contribution in [3.05, 3.63) is 0 Å². The first-order valence-corrected chi connectivity index (χ1v) is 6.50. The molecule has 2 aliphatic rings. The van der Waals surface area contributed by atoms with Crippen LogP contribution in [0.15, 0.2) is 0 Å². The number of hydrogen-bond donors (Lipinski definition) is 1. The molecule has 0 spiro atoms. The summed E-state index contributed by atoms with van der Waals surface area (Å²) in [6, 6.07) is 0.726. The first kappa shape index (κ1) is 11.4. The molecule has 88 valence electrons. The molecule has 1 aliphatic heterocycles. The molecule has 1 N–H and O–H groups in total. The predicted molar refractivity (Wildman–Crippen MR) is 62.8 cm³/mol. The Hall–Kier alpha value is -0.0800. The molecule has 0 aromatic heterocycles. The van der Waals surface area contributed by atoms with Gasteiger partial charge < -0.3 is 5.11 Å². The van der Waals surface area contributed by atoms with Gasteiger partial charge in [0.15, 0.2) is 0 Å². The van der Waals surface area contributed by atoms with Crippen molar-refractivity contribution in [2.75, 3.05) is 19.7 Å². The summed E-state index contributed by atoms with van der Waals surface area (Å²) in [5.41, 5.74) is 0.248. The van der Waals surface area contributed by atoms with Crippen LogP contribution in [0.2, 0.25) is 0 Å². The van der Waals surface area contributed by atoms with Gasteiger partial charge in [-0.1, -0.05) is 19.8 Å². The van der Waals surface area contributed by atoms with Gasteiger partial charge in [0.1, 0.15) is 0 Å². The van der Waals surface area contributed by atoms with E-state index in [1.807, 2.05) is 0 Å². The maximum Gasteiger partial charge on any atom is 0.0499 e. The van der Waals surface area contributed by atoms with Gasteiger partial charge in [0.2, 0.25) is 0 Å². The molecule has 0 radical (unpaired) electrons. The predicted octanol–water partition coefficient (Wildman–Crippen LogP) is 2.27. The fraction of sp³-hybridized carbons (Fsp3) is 1.00. The van der Waals surface area contributed by atoms with Crippen LogP contribution in [0.25, 0.3) is 0 Å². The maximum atomic E-state index is 9.60. The summed E-state index contributed by atoms with van der Waals surface area (Å²) in [5, 5.41) is 9.60. The molecule has 1 heterocycles.